The summed E-state index contributed by atoms with van der Waals surface area (Å²) in [5.74, 6) is -0.309. The van der Waals surface area contributed by atoms with E-state index in [-0.39, 0.29) is 11.4 Å². The molecule has 0 saturated heterocycles. The first kappa shape index (κ1) is 9.36. The molecule has 0 radical (unpaired) electrons. The van der Waals surface area contributed by atoms with Gasteiger partial charge in [0.15, 0.2) is 6.29 Å². The fourth-order valence-electron chi connectivity index (χ4n) is 1.98. The quantitative estimate of drug-likeness (QED) is 0.559. The Morgan fingerprint density at radius 3 is 2.75 bits per heavy atom. The van der Waals surface area contributed by atoms with Gasteiger partial charge in [-0.3, -0.25) is 9.59 Å². The van der Waals surface area contributed by atoms with Gasteiger partial charge in [0.25, 0.3) is 0 Å². The maximum Gasteiger partial charge on any atom is 0.216 e. The fourth-order valence-corrected chi connectivity index (χ4v) is 2.32. The van der Waals surface area contributed by atoms with Gasteiger partial charge in [-0.1, -0.05) is 29.8 Å². The topological polar surface area (TPSA) is 39.1 Å². The number of aromatic nitrogens is 1. The summed E-state index contributed by atoms with van der Waals surface area (Å²) in [5.41, 5.74) is 1.36. The zero-order chi connectivity index (χ0) is 11.3. The molecule has 3 rings (SSSR count). The Bertz CT molecular complexity index is 667. The van der Waals surface area contributed by atoms with Crippen LogP contribution in [-0.4, -0.2) is 16.6 Å². The SMILES string of the molecule is O=CC1=Cn2c(c(Cl)c3ccccc32)C1=O. The highest BCUT2D eigenvalue weighted by atomic mass is 35.5. The van der Waals surface area contributed by atoms with Crippen LogP contribution in [0.5, 0.6) is 0 Å². The molecule has 1 aromatic carbocycles. The summed E-state index contributed by atoms with van der Waals surface area (Å²) in [6, 6.07) is 7.44. The molecule has 0 N–H and O–H groups in total. The Hall–Kier alpha value is -1.87. The third-order valence-corrected chi connectivity index (χ3v) is 3.10. The minimum absolute atomic E-state index is 0.141. The van der Waals surface area contributed by atoms with E-state index >= 15 is 0 Å². The molecule has 4 heteroatoms. The average Bonchev–Trinajstić information content (AvgIpc) is 2.78. The van der Waals surface area contributed by atoms with E-state index in [9.17, 15) is 9.59 Å². The second-order valence-corrected chi connectivity index (χ2v) is 3.96. The Balaban J connectivity index is 2.46. The highest BCUT2D eigenvalue weighted by Gasteiger charge is 2.28. The van der Waals surface area contributed by atoms with Crippen LogP contribution in [0, 0.1) is 0 Å². The predicted molar refractivity (Wildman–Crippen MR) is 61.6 cm³/mol. The van der Waals surface area contributed by atoms with Crippen molar-refractivity contribution in [1.29, 1.82) is 0 Å². The monoisotopic (exact) mass is 231 g/mol. The van der Waals surface area contributed by atoms with E-state index in [0.717, 1.165) is 10.9 Å². The maximum absolute atomic E-state index is 11.8. The van der Waals surface area contributed by atoms with E-state index in [1.807, 2.05) is 24.3 Å². The van der Waals surface area contributed by atoms with Crippen molar-refractivity contribution < 1.29 is 9.59 Å². The van der Waals surface area contributed by atoms with Crippen molar-refractivity contribution in [3.05, 3.63) is 40.6 Å². The van der Waals surface area contributed by atoms with Gasteiger partial charge in [0.2, 0.25) is 5.78 Å². The number of rotatable bonds is 1. The second-order valence-electron chi connectivity index (χ2n) is 3.58. The number of ketones is 1. The summed E-state index contributed by atoms with van der Waals surface area (Å²) in [6.07, 6.45) is 2.08. The molecule has 0 aliphatic carbocycles. The minimum atomic E-state index is -0.309. The molecule has 2 aromatic rings. The molecular weight excluding hydrogens is 226 g/mol. The third kappa shape index (κ3) is 0.981. The van der Waals surface area contributed by atoms with Crippen molar-refractivity contribution >= 4 is 40.8 Å². The molecule has 78 valence electrons. The number of hydrogen-bond acceptors (Lipinski definition) is 2. The van der Waals surface area contributed by atoms with Crippen LogP contribution in [-0.2, 0) is 4.79 Å². The summed E-state index contributed by atoms with van der Waals surface area (Å²) in [4.78, 5) is 22.5. The number of carbonyl (C=O) groups is 2. The Labute approximate surface area is 95.9 Å². The molecule has 0 saturated carbocycles. The number of allylic oxidation sites excluding steroid dienone is 1. The van der Waals surface area contributed by atoms with Gasteiger partial charge in [0.05, 0.1) is 16.1 Å². The second kappa shape index (κ2) is 3.06. The minimum Gasteiger partial charge on any atom is -0.311 e. The molecule has 1 aromatic heterocycles. The number of hydrogen-bond donors (Lipinski definition) is 0. The molecule has 2 heterocycles. The van der Waals surface area contributed by atoms with Crippen LogP contribution < -0.4 is 0 Å². The molecule has 1 aliphatic rings. The highest BCUT2D eigenvalue weighted by molar-refractivity contribution is 6.42. The van der Waals surface area contributed by atoms with Crippen LogP contribution in [0.25, 0.3) is 17.1 Å². The van der Waals surface area contributed by atoms with Gasteiger partial charge < -0.3 is 4.57 Å². The number of para-hydroxylation sites is 1. The zero-order valence-electron chi connectivity index (χ0n) is 8.11. The van der Waals surface area contributed by atoms with E-state index in [1.165, 1.54) is 6.20 Å². The van der Waals surface area contributed by atoms with Gasteiger partial charge in [0, 0.05) is 11.6 Å². The van der Waals surface area contributed by atoms with E-state index in [4.69, 9.17) is 11.6 Å². The zero-order valence-corrected chi connectivity index (χ0v) is 8.86. The maximum atomic E-state index is 11.8. The van der Waals surface area contributed by atoms with Crippen LogP contribution in [0.2, 0.25) is 5.02 Å². The van der Waals surface area contributed by atoms with Crippen molar-refractivity contribution in [1.82, 2.24) is 4.57 Å². The van der Waals surface area contributed by atoms with Gasteiger partial charge in [-0.15, -0.1) is 0 Å². The summed E-state index contributed by atoms with van der Waals surface area (Å²) >= 11 is 6.13. The summed E-state index contributed by atoms with van der Waals surface area (Å²) in [6.45, 7) is 0. The number of benzene rings is 1. The molecule has 0 unspecified atom stereocenters. The molecule has 0 spiro atoms. The molecule has 3 nitrogen and oxygen atoms in total. The van der Waals surface area contributed by atoms with E-state index < -0.39 is 0 Å². The van der Waals surface area contributed by atoms with Gasteiger partial charge in [-0.05, 0) is 6.07 Å². The van der Waals surface area contributed by atoms with Crippen LogP contribution >= 0.6 is 11.6 Å². The lowest BCUT2D eigenvalue weighted by Crippen LogP contribution is -2.00. The molecule has 0 atom stereocenters. The number of fused-ring (bicyclic) bond motifs is 3. The largest absolute Gasteiger partial charge is 0.311 e. The average molecular weight is 232 g/mol. The van der Waals surface area contributed by atoms with Crippen molar-refractivity contribution in [2.24, 2.45) is 0 Å². The van der Waals surface area contributed by atoms with Crippen molar-refractivity contribution in [3.63, 3.8) is 0 Å². The highest BCUT2D eigenvalue weighted by Crippen LogP contribution is 2.35. The number of halogens is 1. The first-order valence-electron chi connectivity index (χ1n) is 4.74. The van der Waals surface area contributed by atoms with Crippen LogP contribution in [0.4, 0.5) is 0 Å². The number of carbonyl (C=O) groups excluding carboxylic acids is 2. The lowest BCUT2D eigenvalue weighted by molar-refractivity contribution is -0.104. The van der Waals surface area contributed by atoms with Crippen LogP contribution in [0.15, 0.2) is 29.8 Å². The van der Waals surface area contributed by atoms with Gasteiger partial charge >= 0.3 is 0 Å². The van der Waals surface area contributed by atoms with Crippen molar-refractivity contribution in [3.8, 4) is 0 Å². The molecule has 0 amide bonds. The van der Waals surface area contributed by atoms with Gasteiger partial charge in [-0.25, -0.2) is 0 Å². The number of Topliss-reactive ketones (excluding diaryl/α,β-unsaturated/α-hetero) is 1. The predicted octanol–water partition coefficient (Wildman–Crippen LogP) is 2.53. The fraction of sp³-hybridized carbons (Fsp3) is 0. The first-order valence-corrected chi connectivity index (χ1v) is 5.12. The van der Waals surface area contributed by atoms with E-state index in [2.05, 4.69) is 0 Å². The molecule has 1 aliphatic heterocycles. The lowest BCUT2D eigenvalue weighted by Gasteiger charge is -1.93. The van der Waals surface area contributed by atoms with Crippen LogP contribution in [0.3, 0.4) is 0 Å². The summed E-state index contributed by atoms with van der Waals surface area (Å²) < 4.78 is 1.67. The first-order chi connectivity index (χ1) is 7.74. The third-order valence-electron chi connectivity index (χ3n) is 2.72. The Morgan fingerprint density at radius 1 is 1.25 bits per heavy atom. The molecular formula is C12H6ClNO2. The molecule has 16 heavy (non-hydrogen) atoms. The van der Waals surface area contributed by atoms with E-state index in [1.54, 1.807) is 4.57 Å². The number of nitrogens with zero attached hydrogens (tertiary/aromatic N) is 1. The normalized spacial score (nSPS) is 14.1. The standard InChI is InChI=1S/C12H6ClNO2/c13-10-8-3-1-2-4-9(8)14-5-7(6-15)12(16)11(10)14/h1-6H. The van der Waals surface area contributed by atoms with Crippen molar-refractivity contribution in [2.45, 2.75) is 0 Å². The summed E-state index contributed by atoms with van der Waals surface area (Å²) in [5, 5.41) is 1.24. The van der Waals surface area contributed by atoms with Crippen LogP contribution in [0.1, 0.15) is 10.5 Å². The number of aldehydes is 1. The molecule has 0 bridgehead atoms. The molecule has 0 fully saturated rings. The summed E-state index contributed by atoms with van der Waals surface area (Å²) in [7, 11) is 0. The van der Waals surface area contributed by atoms with Crippen molar-refractivity contribution in [2.75, 3.05) is 0 Å². The Kier molecular flexibility index (Phi) is 1.79. The van der Waals surface area contributed by atoms with E-state index in [0.29, 0.717) is 17.0 Å². The smallest absolute Gasteiger partial charge is 0.216 e. The Morgan fingerprint density at radius 2 is 2.00 bits per heavy atom. The lowest BCUT2D eigenvalue weighted by atomic mass is 10.1. The van der Waals surface area contributed by atoms with Gasteiger partial charge in [-0.2, -0.15) is 0 Å². The van der Waals surface area contributed by atoms with Gasteiger partial charge in [0.1, 0.15) is 5.69 Å².